The molecule has 4 atom stereocenters. The maximum absolute atomic E-state index is 9.82. The van der Waals surface area contributed by atoms with Crippen LogP contribution in [0.2, 0.25) is 0 Å². The van der Waals surface area contributed by atoms with E-state index in [9.17, 15) is 15.3 Å². The van der Waals surface area contributed by atoms with Crippen LogP contribution in [-0.4, -0.2) is 52.6 Å². The third kappa shape index (κ3) is 1.68. The van der Waals surface area contributed by atoms with Crippen molar-refractivity contribution < 1.29 is 24.8 Å². The smallest absolute Gasteiger partial charge is 0.184 e. The van der Waals surface area contributed by atoms with E-state index >= 15 is 0 Å². The number of hydrogen-bond donors (Lipinski definition) is 3. The number of hydrogen-bond acceptors (Lipinski definition) is 5. The van der Waals surface area contributed by atoms with E-state index in [1.54, 1.807) is 0 Å². The van der Waals surface area contributed by atoms with Crippen LogP contribution in [0.25, 0.3) is 0 Å². The van der Waals surface area contributed by atoms with Crippen molar-refractivity contribution in [2.45, 2.75) is 55.9 Å². The standard InChI is InChI=1S/C10H18O5/c1-14-8-6(11)7(12)9(13)15-10(8)4-2-3-5-10/h6-9,11-13H,2-5H2,1H3/t6-,7+,8+,9+/m0/s1. The van der Waals surface area contributed by atoms with E-state index < -0.39 is 30.2 Å². The summed E-state index contributed by atoms with van der Waals surface area (Å²) in [6.07, 6.45) is -0.746. The number of ether oxygens (including phenoxy) is 2. The van der Waals surface area contributed by atoms with E-state index in [1.165, 1.54) is 7.11 Å². The lowest BCUT2D eigenvalue weighted by Crippen LogP contribution is -2.63. The summed E-state index contributed by atoms with van der Waals surface area (Å²) in [4.78, 5) is 0. The van der Waals surface area contributed by atoms with Crippen LogP contribution >= 0.6 is 0 Å². The van der Waals surface area contributed by atoms with Crippen molar-refractivity contribution in [2.24, 2.45) is 0 Å². The van der Waals surface area contributed by atoms with Crippen molar-refractivity contribution >= 4 is 0 Å². The first kappa shape index (κ1) is 11.3. The first-order chi connectivity index (χ1) is 7.10. The predicted molar refractivity (Wildman–Crippen MR) is 51.1 cm³/mol. The van der Waals surface area contributed by atoms with Crippen LogP contribution in [0.15, 0.2) is 0 Å². The highest BCUT2D eigenvalue weighted by atomic mass is 16.7. The molecule has 1 heterocycles. The van der Waals surface area contributed by atoms with E-state index in [1.807, 2.05) is 0 Å². The summed E-state index contributed by atoms with van der Waals surface area (Å²) in [5.74, 6) is 0. The van der Waals surface area contributed by atoms with Gasteiger partial charge in [0.1, 0.15) is 23.9 Å². The van der Waals surface area contributed by atoms with Gasteiger partial charge in [0.2, 0.25) is 0 Å². The highest BCUT2D eigenvalue weighted by Crippen LogP contribution is 2.42. The fourth-order valence-corrected chi connectivity index (χ4v) is 2.77. The third-order valence-corrected chi connectivity index (χ3v) is 3.53. The second-order valence-electron chi connectivity index (χ2n) is 4.42. The van der Waals surface area contributed by atoms with Gasteiger partial charge in [0.15, 0.2) is 6.29 Å². The van der Waals surface area contributed by atoms with Gasteiger partial charge in [-0.25, -0.2) is 0 Å². The fraction of sp³-hybridized carbons (Fsp3) is 1.00. The molecule has 88 valence electrons. The molecule has 0 amide bonds. The minimum absolute atomic E-state index is 0.557. The van der Waals surface area contributed by atoms with Gasteiger partial charge in [-0.2, -0.15) is 0 Å². The molecule has 1 aliphatic heterocycles. The molecule has 3 N–H and O–H groups in total. The molecule has 0 radical (unpaired) electrons. The molecule has 2 fully saturated rings. The Labute approximate surface area is 88.6 Å². The van der Waals surface area contributed by atoms with Crippen molar-refractivity contribution in [3.8, 4) is 0 Å². The highest BCUT2D eigenvalue weighted by molar-refractivity contribution is 5.02. The summed E-state index contributed by atoms with van der Waals surface area (Å²) in [7, 11) is 1.49. The van der Waals surface area contributed by atoms with Crippen molar-refractivity contribution in [3.05, 3.63) is 0 Å². The van der Waals surface area contributed by atoms with E-state index in [0.29, 0.717) is 0 Å². The second kappa shape index (κ2) is 3.99. The van der Waals surface area contributed by atoms with Crippen molar-refractivity contribution in [1.29, 1.82) is 0 Å². The van der Waals surface area contributed by atoms with Crippen LogP contribution in [-0.2, 0) is 9.47 Å². The number of aliphatic hydroxyl groups is 3. The van der Waals surface area contributed by atoms with Gasteiger partial charge in [-0.3, -0.25) is 0 Å². The summed E-state index contributed by atoms with van der Waals surface area (Å²) < 4.78 is 10.7. The molecule has 0 bridgehead atoms. The van der Waals surface area contributed by atoms with Crippen molar-refractivity contribution in [3.63, 3.8) is 0 Å². The van der Waals surface area contributed by atoms with Crippen molar-refractivity contribution in [1.82, 2.24) is 0 Å². The van der Waals surface area contributed by atoms with Gasteiger partial charge in [-0.1, -0.05) is 12.8 Å². The molecule has 0 unspecified atom stereocenters. The molecule has 2 rings (SSSR count). The monoisotopic (exact) mass is 218 g/mol. The summed E-state index contributed by atoms with van der Waals surface area (Å²) >= 11 is 0. The lowest BCUT2D eigenvalue weighted by molar-refractivity contribution is -0.322. The molecule has 0 aromatic heterocycles. The maximum Gasteiger partial charge on any atom is 0.184 e. The zero-order valence-electron chi connectivity index (χ0n) is 8.80. The molecule has 5 nitrogen and oxygen atoms in total. The van der Waals surface area contributed by atoms with E-state index in [4.69, 9.17) is 9.47 Å². The Balaban J connectivity index is 2.22. The Morgan fingerprint density at radius 3 is 2.27 bits per heavy atom. The molecular weight excluding hydrogens is 200 g/mol. The fourth-order valence-electron chi connectivity index (χ4n) is 2.77. The minimum atomic E-state index is -1.32. The van der Waals surface area contributed by atoms with Gasteiger partial charge in [0.25, 0.3) is 0 Å². The molecule has 5 heteroatoms. The van der Waals surface area contributed by atoms with Gasteiger partial charge in [-0.05, 0) is 12.8 Å². The Hall–Kier alpha value is -0.200. The molecule has 1 aliphatic carbocycles. The first-order valence-corrected chi connectivity index (χ1v) is 5.35. The Bertz CT molecular complexity index is 226. The Morgan fingerprint density at radius 2 is 1.73 bits per heavy atom. The lowest BCUT2D eigenvalue weighted by atomic mass is 9.85. The largest absolute Gasteiger partial charge is 0.387 e. The minimum Gasteiger partial charge on any atom is -0.387 e. The average Bonchev–Trinajstić information content (AvgIpc) is 2.65. The van der Waals surface area contributed by atoms with Gasteiger partial charge in [0.05, 0.1) is 0 Å². The zero-order valence-corrected chi connectivity index (χ0v) is 8.80. The summed E-state index contributed by atoms with van der Waals surface area (Å²) in [5.41, 5.74) is -0.618. The molecule has 0 aromatic rings. The van der Waals surface area contributed by atoms with Gasteiger partial charge in [0, 0.05) is 7.11 Å². The van der Waals surface area contributed by atoms with Gasteiger partial charge >= 0.3 is 0 Å². The molecule has 2 aliphatic rings. The van der Waals surface area contributed by atoms with Gasteiger partial charge in [-0.15, -0.1) is 0 Å². The van der Waals surface area contributed by atoms with E-state index in [0.717, 1.165) is 25.7 Å². The number of methoxy groups -OCH3 is 1. The van der Waals surface area contributed by atoms with Crippen molar-refractivity contribution in [2.75, 3.05) is 7.11 Å². The number of rotatable bonds is 1. The van der Waals surface area contributed by atoms with Crippen LogP contribution in [0.4, 0.5) is 0 Å². The maximum atomic E-state index is 9.82. The molecule has 1 saturated carbocycles. The normalized spacial score (nSPS) is 44.8. The highest BCUT2D eigenvalue weighted by Gasteiger charge is 2.54. The summed E-state index contributed by atoms with van der Waals surface area (Å²) in [6.45, 7) is 0. The number of aliphatic hydroxyl groups excluding tert-OH is 3. The SMILES string of the molecule is CO[C@@H]1[C@@H](O)[C@@H](O)[C@H](O)OC12CCCC2. The van der Waals surface area contributed by atoms with Crippen LogP contribution in [0.3, 0.4) is 0 Å². The molecule has 1 saturated heterocycles. The Morgan fingerprint density at radius 1 is 1.13 bits per heavy atom. The van der Waals surface area contributed by atoms with Crippen LogP contribution in [0.1, 0.15) is 25.7 Å². The molecule has 15 heavy (non-hydrogen) atoms. The predicted octanol–water partition coefficient (Wildman–Crippen LogP) is -0.615. The quantitative estimate of drug-likeness (QED) is 0.547. The average molecular weight is 218 g/mol. The Kier molecular flexibility index (Phi) is 3.00. The summed E-state index contributed by atoms with van der Waals surface area (Å²) in [6, 6.07) is 0. The van der Waals surface area contributed by atoms with Crippen LogP contribution in [0.5, 0.6) is 0 Å². The zero-order chi connectivity index (χ0) is 11.1. The van der Waals surface area contributed by atoms with Gasteiger partial charge < -0.3 is 24.8 Å². The molecule has 0 aromatic carbocycles. The second-order valence-corrected chi connectivity index (χ2v) is 4.42. The molecule has 1 spiro atoms. The van der Waals surface area contributed by atoms with Crippen LogP contribution in [0, 0.1) is 0 Å². The van der Waals surface area contributed by atoms with Crippen LogP contribution < -0.4 is 0 Å². The van der Waals surface area contributed by atoms with E-state index in [-0.39, 0.29) is 0 Å². The topological polar surface area (TPSA) is 79.2 Å². The van der Waals surface area contributed by atoms with E-state index in [2.05, 4.69) is 0 Å². The summed E-state index contributed by atoms with van der Waals surface area (Å²) in [5, 5.41) is 28.8. The third-order valence-electron chi connectivity index (χ3n) is 3.53. The molecular formula is C10H18O5. The lowest BCUT2D eigenvalue weighted by Gasteiger charge is -2.47. The first-order valence-electron chi connectivity index (χ1n) is 5.35.